The number of para-hydroxylation sites is 2. The van der Waals surface area contributed by atoms with Crippen molar-refractivity contribution >= 4 is 23.4 Å². The first-order valence-corrected chi connectivity index (χ1v) is 9.85. The van der Waals surface area contributed by atoms with Gasteiger partial charge in [0.1, 0.15) is 5.75 Å². The number of amides is 1. The first-order valence-electron chi connectivity index (χ1n) is 8.97. The molecule has 0 radical (unpaired) electrons. The summed E-state index contributed by atoms with van der Waals surface area (Å²) in [6, 6.07) is 12.2. The molecule has 0 aliphatic rings. The highest BCUT2D eigenvalue weighted by Crippen LogP contribution is 2.29. The molecule has 152 valence electrons. The van der Waals surface area contributed by atoms with Crippen molar-refractivity contribution in [1.29, 1.82) is 0 Å². The summed E-state index contributed by atoms with van der Waals surface area (Å²) in [6.45, 7) is 2.80. The van der Waals surface area contributed by atoms with Crippen molar-refractivity contribution < 1.29 is 18.3 Å². The van der Waals surface area contributed by atoms with E-state index in [0.717, 1.165) is 16.8 Å². The Kier molecular flexibility index (Phi) is 6.53. The molecule has 0 aliphatic heterocycles. The summed E-state index contributed by atoms with van der Waals surface area (Å²) in [4.78, 5) is 17.0. The predicted molar refractivity (Wildman–Crippen MR) is 110 cm³/mol. The van der Waals surface area contributed by atoms with E-state index in [1.165, 1.54) is 23.9 Å². The maximum atomic E-state index is 12.6. The number of aryl methyl sites for hydroxylation is 2. The van der Waals surface area contributed by atoms with Gasteiger partial charge in [-0.25, -0.2) is 4.98 Å². The Morgan fingerprint density at radius 2 is 1.97 bits per heavy atom. The van der Waals surface area contributed by atoms with Crippen molar-refractivity contribution in [2.75, 3.05) is 5.32 Å². The van der Waals surface area contributed by atoms with Gasteiger partial charge in [-0.1, -0.05) is 36.0 Å². The summed E-state index contributed by atoms with van der Waals surface area (Å²) >= 11 is 1.28. The van der Waals surface area contributed by atoms with Crippen LogP contribution in [-0.4, -0.2) is 27.3 Å². The van der Waals surface area contributed by atoms with E-state index in [-0.39, 0.29) is 17.3 Å². The van der Waals surface area contributed by atoms with Crippen LogP contribution < -0.4 is 10.1 Å². The first-order chi connectivity index (χ1) is 13.8. The minimum Gasteiger partial charge on any atom is -0.433 e. The van der Waals surface area contributed by atoms with E-state index in [1.807, 2.05) is 36.7 Å². The van der Waals surface area contributed by atoms with E-state index in [4.69, 9.17) is 0 Å². The van der Waals surface area contributed by atoms with Gasteiger partial charge in [-0.2, -0.15) is 8.78 Å². The minimum atomic E-state index is -2.97. The summed E-state index contributed by atoms with van der Waals surface area (Å²) < 4.78 is 31.5. The third-order valence-electron chi connectivity index (χ3n) is 4.24. The van der Waals surface area contributed by atoms with Crippen molar-refractivity contribution in [3.05, 3.63) is 66.0 Å². The highest BCUT2D eigenvalue weighted by molar-refractivity contribution is 8.00. The number of carbonyl (C=O) groups excluding carboxylic acids is 1. The van der Waals surface area contributed by atoms with Gasteiger partial charge in [-0.15, -0.1) is 0 Å². The topological polar surface area (TPSA) is 56.2 Å². The lowest BCUT2D eigenvalue weighted by Crippen LogP contribution is -2.23. The Hall–Kier alpha value is -2.87. The number of halogens is 2. The lowest BCUT2D eigenvalue weighted by Gasteiger charge is -2.16. The number of carbonyl (C=O) groups is 1. The molecule has 1 atom stereocenters. The van der Waals surface area contributed by atoms with Crippen LogP contribution in [0, 0.1) is 13.8 Å². The molecule has 2 aromatic carbocycles. The quantitative estimate of drug-likeness (QED) is 0.536. The molecule has 0 saturated heterocycles. The van der Waals surface area contributed by atoms with E-state index in [0.29, 0.717) is 5.16 Å². The standard InChI is InChI=1S/C21H21F2N3O2S/c1-13-8-9-14(2)17(12-13)26-11-10-24-21(26)29-15(3)19(27)25-16-6-4-5-7-18(16)28-20(22)23/h4-12,15,20H,1-3H3,(H,25,27). The molecule has 3 rings (SSSR count). The summed E-state index contributed by atoms with van der Waals surface area (Å²) in [6.07, 6.45) is 3.53. The fourth-order valence-corrected chi connectivity index (χ4v) is 3.63. The largest absolute Gasteiger partial charge is 0.433 e. The Morgan fingerprint density at radius 1 is 1.21 bits per heavy atom. The average molecular weight is 417 g/mol. The smallest absolute Gasteiger partial charge is 0.387 e. The third-order valence-corrected chi connectivity index (χ3v) is 5.32. The zero-order chi connectivity index (χ0) is 21.0. The highest BCUT2D eigenvalue weighted by atomic mass is 32.2. The second-order valence-electron chi connectivity index (χ2n) is 6.49. The van der Waals surface area contributed by atoms with E-state index >= 15 is 0 Å². The zero-order valence-electron chi connectivity index (χ0n) is 16.2. The molecule has 0 saturated carbocycles. The lowest BCUT2D eigenvalue weighted by atomic mass is 10.1. The number of hydrogen-bond donors (Lipinski definition) is 1. The molecule has 0 fully saturated rings. The van der Waals surface area contributed by atoms with Gasteiger partial charge < -0.3 is 10.1 Å². The predicted octanol–water partition coefficient (Wildman–Crippen LogP) is 5.21. The number of rotatable bonds is 7. The average Bonchev–Trinajstić information content (AvgIpc) is 3.12. The molecule has 8 heteroatoms. The summed E-state index contributed by atoms with van der Waals surface area (Å²) in [5.74, 6) is -0.416. The fourth-order valence-electron chi connectivity index (χ4n) is 2.75. The van der Waals surface area contributed by atoms with Crippen molar-refractivity contribution in [1.82, 2.24) is 9.55 Å². The lowest BCUT2D eigenvalue weighted by molar-refractivity contribution is -0.115. The number of nitrogens with zero attached hydrogens (tertiary/aromatic N) is 2. The maximum Gasteiger partial charge on any atom is 0.387 e. The van der Waals surface area contributed by atoms with Gasteiger partial charge in [-0.3, -0.25) is 9.36 Å². The number of nitrogens with one attached hydrogen (secondary N) is 1. The van der Waals surface area contributed by atoms with E-state index in [1.54, 1.807) is 25.3 Å². The summed E-state index contributed by atoms with van der Waals surface area (Å²) in [5, 5.41) is 2.80. The normalized spacial score (nSPS) is 12.1. The van der Waals surface area contributed by atoms with Crippen LogP contribution in [0.25, 0.3) is 5.69 Å². The van der Waals surface area contributed by atoms with Gasteiger partial charge in [0.2, 0.25) is 5.91 Å². The van der Waals surface area contributed by atoms with Crippen LogP contribution in [0.2, 0.25) is 0 Å². The number of anilines is 1. The van der Waals surface area contributed by atoms with Crippen LogP contribution >= 0.6 is 11.8 Å². The van der Waals surface area contributed by atoms with Crippen molar-refractivity contribution in [2.45, 2.75) is 37.8 Å². The second kappa shape index (κ2) is 9.09. The molecule has 1 unspecified atom stereocenters. The molecular weight excluding hydrogens is 396 g/mol. The third kappa shape index (κ3) is 5.14. The number of thioether (sulfide) groups is 1. The highest BCUT2D eigenvalue weighted by Gasteiger charge is 2.20. The molecule has 0 aliphatic carbocycles. The fraction of sp³-hybridized carbons (Fsp3) is 0.238. The minimum absolute atomic E-state index is 0.0788. The molecule has 1 N–H and O–H groups in total. The van der Waals surface area contributed by atoms with Crippen molar-refractivity contribution in [2.24, 2.45) is 0 Å². The number of aromatic nitrogens is 2. The van der Waals surface area contributed by atoms with Crippen LogP contribution in [0.3, 0.4) is 0 Å². The van der Waals surface area contributed by atoms with Gasteiger partial charge in [0.25, 0.3) is 0 Å². The molecule has 0 spiro atoms. The van der Waals surface area contributed by atoms with Gasteiger partial charge in [0.05, 0.1) is 16.6 Å². The number of benzene rings is 2. The number of alkyl halides is 2. The Balaban J connectivity index is 1.75. The first kappa shape index (κ1) is 20.9. The van der Waals surface area contributed by atoms with E-state index in [9.17, 15) is 13.6 Å². The summed E-state index contributed by atoms with van der Waals surface area (Å²) in [5.41, 5.74) is 3.40. The molecule has 5 nitrogen and oxygen atoms in total. The van der Waals surface area contributed by atoms with Crippen LogP contribution in [0.4, 0.5) is 14.5 Å². The summed E-state index contributed by atoms with van der Waals surface area (Å²) in [7, 11) is 0. The molecule has 29 heavy (non-hydrogen) atoms. The molecule has 1 amide bonds. The van der Waals surface area contributed by atoms with Crippen molar-refractivity contribution in [3.63, 3.8) is 0 Å². The van der Waals surface area contributed by atoms with Crippen LogP contribution in [0.5, 0.6) is 5.75 Å². The number of ether oxygens (including phenoxy) is 1. The molecule has 1 heterocycles. The van der Waals surface area contributed by atoms with Crippen LogP contribution in [0.15, 0.2) is 60.0 Å². The Labute approximate surface area is 172 Å². The Bertz CT molecular complexity index is 1010. The monoisotopic (exact) mass is 417 g/mol. The van der Waals surface area contributed by atoms with Crippen molar-refractivity contribution in [3.8, 4) is 11.4 Å². The Morgan fingerprint density at radius 3 is 2.72 bits per heavy atom. The van der Waals surface area contributed by atoms with E-state index < -0.39 is 11.9 Å². The molecule has 0 bridgehead atoms. The SMILES string of the molecule is Cc1ccc(C)c(-n2ccnc2SC(C)C(=O)Nc2ccccc2OC(F)F)c1. The van der Waals surface area contributed by atoms with Gasteiger partial charge in [0.15, 0.2) is 5.16 Å². The van der Waals surface area contributed by atoms with Gasteiger partial charge >= 0.3 is 6.61 Å². The number of imidazole rings is 1. The van der Waals surface area contributed by atoms with Gasteiger partial charge in [-0.05, 0) is 50.1 Å². The second-order valence-corrected chi connectivity index (χ2v) is 7.80. The molecular formula is C21H21F2N3O2S. The van der Waals surface area contributed by atoms with Crippen LogP contribution in [-0.2, 0) is 4.79 Å². The van der Waals surface area contributed by atoms with Crippen LogP contribution in [0.1, 0.15) is 18.1 Å². The number of hydrogen-bond acceptors (Lipinski definition) is 4. The van der Waals surface area contributed by atoms with Gasteiger partial charge in [0, 0.05) is 12.4 Å². The molecule has 3 aromatic rings. The van der Waals surface area contributed by atoms with E-state index in [2.05, 4.69) is 21.1 Å². The molecule has 1 aromatic heterocycles. The zero-order valence-corrected chi connectivity index (χ0v) is 17.0. The maximum absolute atomic E-state index is 12.6.